The van der Waals surface area contributed by atoms with Crippen LogP contribution < -0.4 is 8.97 Å². The van der Waals surface area contributed by atoms with E-state index in [0.717, 1.165) is 11.4 Å². The summed E-state index contributed by atoms with van der Waals surface area (Å²) in [6.07, 6.45) is 0. The molecule has 0 unspecified atom stereocenters. The summed E-state index contributed by atoms with van der Waals surface area (Å²) in [5.41, 5.74) is 2.22. The number of nitrogens with zero attached hydrogens (tertiary/aromatic N) is 2. The van der Waals surface area contributed by atoms with Crippen molar-refractivity contribution in [2.45, 2.75) is 0 Å². The number of hydrogen-bond donors (Lipinski definition) is 1. The van der Waals surface area contributed by atoms with E-state index in [1.807, 2.05) is 12.1 Å². The van der Waals surface area contributed by atoms with Crippen molar-refractivity contribution in [2.24, 2.45) is 0 Å². The standard InChI is InChI=1S/C12H21N2O/c1-13(2,3)10-7-11(14(4,5)6)9-12(15)8-10/h7-9H,1-6H3/q+1/p+1. The van der Waals surface area contributed by atoms with Gasteiger partial charge >= 0.3 is 0 Å². The first-order chi connectivity index (χ1) is 6.60. The van der Waals surface area contributed by atoms with Crippen molar-refractivity contribution in [1.29, 1.82) is 0 Å². The third kappa shape index (κ3) is 2.94. The molecule has 1 rings (SSSR count). The number of rotatable bonds is 2. The number of hydrogen-bond acceptors (Lipinski definition) is 1. The zero-order chi connectivity index (χ0) is 11.9. The number of quaternary nitrogens is 2. The Hall–Kier alpha value is -1.06. The molecule has 0 aliphatic heterocycles. The van der Waals surface area contributed by atoms with Gasteiger partial charge in [0.05, 0.1) is 48.4 Å². The predicted octanol–water partition coefficient (Wildman–Crippen LogP) is 1.79. The predicted molar refractivity (Wildman–Crippen MR) is 67.2 cm³/mol. The van der Waals surface area contributed by atoms with Crippen molar-refractivity contribution < 1.29 is 5.11 Å². The van der Waals surface area contributed by atoms with Crippen LogP contribution in [0.25, 0.3) is 0 Å². The van der Waals surface area contributed by atoms with E-state index in [1.54, 1.807) is 0 Å². The van der Waals surface area contributed by atoms with Gasteiger partial charge in [0, 0.05) is 12.1 Å². The minimum absolute atomic E-state index is 0.337. The molecule has 0 saturated heterocycles. The van der Waals surface area contributed by atoms with E-state index >= 15 is 0 Å². The summed E-state index contributed by atoms with van der Waals surface area (Å²) in [6.45, 7) is 0. The lowest BCUT2D eigenvalue weighted by molar-refractivity contribution is 0.447. The molecule has 0 radical (unpaired) electrons. The molecule has 0 aliphatic rings. The molecule has 0 aliphatic carbocycles. The third-order valence-electron chi connectivity index (χ3n) is 2.44. The molecule has 0 aromatic heterocycles. The molecule has 0 fully saturated rings. The second-order valence-electron chi connectivity index (χ2n) is 5.73. The van der Waals surface area contributed by atoms with E-state index in [1.165, 1.54) is 0 Å². The fourth-order valence-corrected chi connectivity index (χ4v) is 1.35. The van der Waals surface area contributed by atoms with Crippen LogP contribution >= 0.6 is 0 Å². The zero-order valence-corrected chi connectivity index (χ0v) is 10.6. The van der Waals surface area contributed by atoms with E-state index in [9.17, 15) is 5.11 Å². The monoisotopic (exact) mass is 210 g/mol. The number of aromatic hydroxyl groups is 1. The van der Waals surface area contributed by atoms with E-state index < -0.39 is 0 Å². The highest BCUT2D eigenvalue weighted by Crippen LogP contribution is 2.30. The fourth-order valence-electron chi connectivity index (χ4n) is 1.35. The summed E-state index contributed by atoms with van der Waals surface area (Å²) in [7, 11) is 12.5. The molecule has 0 heterocycles. The van der Waals surface area contributed by atoms with Crippen LogP contribution in [0.15, 0.2) is 18.2 Å². The summed E-state index contributed by atoms with van der Waals surface area (Å²) < 4.78 is 1.42. The van der Waals surface area contributed by atoms with Crippen molar-refractivity contribution in [3.63, 3.8) is 0 Å². The molecular weight excluding hydrogens is 188 g/mol. The molecule has 3 nitrogen and oxygen atoms in total. The van der Waals surface area contributed by atoms with Gasteiger partial charge in [-0.3, -0.25) is 8.97 Å². The van der Waals surface area contributed by atoms with Gasteiger partial charge in [-0.1, -0.05) is 0 Å². The van der Waals surface area contributed by atoms with Gasteiger partial charge in [-0.2, -0.15) is 0 Å². The van der Waals surface area contributed by atoms with Gasteiger partial charge in [0.2, 0.25) is 0 Å². The number of phenolic OH excluding ortho intramolecular Hbond substituents is 1. The van der Waals surface area contributed by atoms with Crippen molar-refractivity contribution in [1.82, 2.24) is 8.97 Å². The topological polar surface area (TPSA) is 20.2 Å². The van der Waals surface area contributed by atoms with E-state index in [2.05, 4.69) is 48.4 Å². The average molecular weight is 210 g/mol. The van der Waals surface area contributed by atoms with E-state index in [0.29, 0.717) is 14.7 Å². The fraction of sp³-hybridized carbons (Fsp3) is 0.500. The minimum atomic E-state index is 0.337. The normalized spacial score (nSPS) is 12.9. The highest BCUT2D eigenvalue weighted by atomic mass is 16.3. The van der Waals surface area contributed by atoms with Crippen molar-refractivity contribution >= 4 is 11.4 Å². The first kappa shape index (κ1) is 12.0. The molecule has 0 amide bonds. The SMILES string of the molecule is C[N+](C)(C)c1cc(O)cc([N+](C)(C)C)c1. The summed E-state index contributed by atoms with van der Waals surface area (Å²) in [5, 5.41) is 9.70. The Morgan fingerprint density at radius 1 is 0.733 bits per heavy atom. The first-order valence-electron chi connectivity index (χ1n) is 5.09. The highest BCUT2D eigenvalue weighted by molar-refractivity contribution is 5.59. The Kier molecular flexibility index (Phi) is 2.81. The van der Waals surface area contributed by atoms with Crippen LogP contribution in [-0.4, -0.2) is 47.4 Å². The molecule has 1 aromatic rings. The van der Waals surface area contributed by atoms with Gasteiger partial charge < -0.3 is 5.11 Å². The lowest BCUT2D eigenvalue weighted by atomic mass is 10.2. The summed E-state index contributed by atoms with van der Waals surface area (Å²) >= 11 is 0. The highest BCUT2D eigenvalue weighted by Gasteiger charge is 2.20. The zero-order valence-electron chi connectivity index (χ0n) is 10.6. The second-order valence-corrected chi connectivity index (χ2v) is 5.73. The maximum Gasteiger partial charge on any atom is 0.141 e. The van der Waals surface area contributed by atoms with E-state index in [-0.39, 0.29) is 0 Å². The maximum absolute atomic E-state index is 9.70. The van der Waals surface area contributed by atoms with Gasteiger partial charge in [-0.15, -0.1) is 0 Å². The Morgan fingerprint density at radius 3 is 1.33 bits per heavy atom. The van der Waals surface area contributed by atoms with Crippen molar-refractivity contribution in [3.05, 3.63) is 18.2 Å². The lowest BCUT2D eigenvalue weighted by Crippen LogP contribution is -2.37. The van der Waals surface area contributed by atoms with Crippen LogP contribution in [0.1, 0.15) is 0 Å². The summed E-state index contributed by atoms with van der Waals surface area (Å²) in [6, 6.07) is 5.78. The molecule has 3 heteroatoms. The maximum atomic E-state index is 9.70. The van der Waals surface area contributed by atoms with Crippen molar-refractivity contribution in [2.75, 3.05) is 42.3 Å². The Labute approximate surface area is 92.4 Å². The third-order valence-corrected chi connectivity index (χ3v) is 2.44. The van der Waals surface area contributed by atoms with Crippen LogP contribution in [0.4, 0.5) is 11.4 Å². The largest absolute Gasteiger partial charge is 0.507 e. The molecule has 15 heavy (non-hydrogen) atoms. The molecular formula is C12H22N2O+2. The summed E-state index contributed by atoms with van der Waals surface area (Å²) in [5.74, 6) is 0.337. The second kappa shape index (κ2) is 3.51. The Morgan fingerprint density at radius 2 is 1.07 bits per heavy atom. The molecule has 0 bridgehead atoms. The van der Waals surface area contributed by atoms with Gasteiger partial charge in [0.15, 0.2) is 0 Å². The van der Waals surface area contributed by atoms with Crippen LogP contribution in [0, 0.1) is 0 Å². The molecule has 0 saturated carbocycles. The molecule has 1 N–H and O–H groups in total. The minimum Gasteiger partial charge on any atom is -0.507 e. The van der Waals surface area contributed by atoms with Gasteiger partial charge in [-0.05, 0) is 0 Å². The smallest absolute Gasteiger partial charge is 0.141 e. The van der Waals surface area contributed by atoms with Crippen LogP contribution in [0.2, 0.25) is 0 Å². The van der Waals surface area contributed by atoms with Crippen LogP contribution in [0.3, 0.4) is 0 Å². The van der Waals surface area contributed by atoms with Gasteiger partial charge in [-0.25, -0.2) is 0 Å². The van der Waals surface area contributed by atoms with E-state index in [4.69, 9.17) is 0 Å². The van der Waals surface area contributed by atoms with Gasteiger partial charge in [0.25, 0.3) is 0 Å². The number of phenols is 1. The summed E-state index contributed by atoms with van der Waals surface area (Å²) in [4.78, 5) is 0. The van der Waals surface area contributed by atoms with Crippen molar-refractivity contribution in [3.8, 4) is 5.75 Å². The average Bonchev–Trinajstić information content (AvgIpc) is 1.99. The Balaban J connectivity index is 3.30. The lowest BCUT2D eigenvalue weighted by Gasteiger charge is -2.27. The van der Waals surface area contributed by atoms with Gasteiger partial charge in [0.1, 0.15) is 17.1 Å². The first-order valence-corrected chi connectivity index (χ1v) is 5.09. The molecule has 0 spiro atoms. The molecule has 0 atom stereocenters. The number of benzene rings is 1. The molecule has 1 aromatic carbocycles. The van der Waals surface area contributed by atoms with Crippen LogP contribution in [0.5, 0.6) is 5.75 Å². The quantitative estimate of drug-likeness (QED) is 0.738. The van der Waals surface area contributed by atoms with Crippen LogP contribution in [-0.2, 0) is 0 Å². The Bertz CT molecular complexity index is 327. The molecule has 84 valence electrons.